The lowest BCUT2D eigenvalue weighted by Gasteiger charge is -1.78. The van der Waals surface area contributed by atoms with Crippen LogP contribution in [0, 0.1) is 16.1 Å². The van der Waals surface area contributed by atoms with Gasteiger partial charge in [0.05, 0.1) is 11.0 Å². The normalized spacial score (nSPS) is 10.6. The van der Waals surface area contributed by atoms with Crippen molar-refractivity contribution < 1.29 is 13.7 Å². The molecule has 0 N–H and O–H groups in total. The molecule has 0 aliphatic heterocycles. The molecule has 0 bridgehead atoms. The number of hydrogen-bond acceptors (Lipinski definition) is 3. The Hall–Kier alpha value is -1.65. The standard InChI is InChI=1S/C6H4FNO3/c7-6-2-1-5(11-6)3-4-8(9)10/h1-4H. The van der Waals surface area contributed by atoms with Crippen LogP contribution in [0.4, 0.5) is 4.39 Å². The second kappa shape index (κ2) is 2.96. The van der Waals surface area contributed by atoms with Gasteiger partial charge in [-0.05, 0) is 6.07 Å². The third kappa shape index (κ3) is 2.21. The van der Waals surface area contributed by atoms with E-state index in [1.807, 2.05) is 0 Å². The molecule has 5 heteroatoms. The molecular formula is C6H4FNO3. The minimum atomic E-state index is -0.756. The predicted octanol–water partition coefficient (Wildman–Crippen LogP) is 1.67. The van der Waals surface area contributed by atoms with E-state index in [0.717, 1.165) is 12.1 Å². The van der Waals surface area contributed by atoms with Crippen LogP contribution in [0.1, 0.15) is 5.76 Å². The van der Waals surface area contributed by atoms with Crippen molar-refractivity contribution in [1.82, 2.24) is 0 Å². The monoisotopic (exact) mass is 157 g/mol. The van der Waals surface area contributed by atoms with Gasteiger partial charge in [0, 0.05) is 6.07 Å². The molecule has 0 amide bonds. The molecule has 0 radical (unpaired) electrons. The van der Waals surface area contributed by atoms with Gasteiger partial charge in [0.2, 0.25) is 6.20 Å². The Kier molecular flexibility index (Phi) is 2.00. The fourth-order valence-electron chi connectivity index (χ4n) is 0.552. The van der Waals surface area contributed by atoms with Gasteiger partial charge in [0.25, 0.3) is 6.01 Å². The van der Waals surface area contributed by atoms with E-state index in [2.05, 4.69) is 4.42 Å². The van der Waals surface area contributed by atoms with E-state index < -0.39 is 10.9 Å². The zero-order valence-electron chi connectivity index (χ0n) is 5.36. The number of nitrogens with zero attached hydrogens (tertiary/aromatic N) is 1. The summed E-state index contributed by atoms with van der Waals surface area (Å²) in [4.78, 5) is 9.11. The fourth-order valence-corrected chi connectivity index (χ4v) is 0.552. The summed E-state index contributed by atoms with van der Waals surface area (Å²) in [7, 11) is 0. The average Bonchev–Trinajstić information content (AvgIpc) is 2.31. The summed E-state index contributed by atoms with van der Waals surface area (Å²) in [5, 5.41) is 9.76. The summed E-state index contributed by atoms with van der Waals surface area (Å²) in [5.41, 5.74) is 0. The minimum Gasteiger partial charge on any atom is -0.431 e. The molecule has 1 rings (SSSR count). The quantitative estimate of drug-likeness (QED) is 0.484. The van der Waals surface area contributed by atoms with E-state index in [4.69, 9.17) is 0 Å². The van der Waals surface area contributed by atoms with Crippen LogP contribution in [0.25, 0.3) is 6.08 Å². The van der Waals surface area contributed by atoms with Crippen LogP contribution in [0.5, 0.6) is 0 Å². The molecule has 11 heavy (non-hydrogen) atoms. The molecule has 4 nitrogen and oxygen atoms in total. The zero-order valence-corrected chi connectivity index (χ0v) is 5.36. The summed E-state index contributed by atoms with van der Waals surface area (Å²) in [6.07, 6.45) is 1.75. The highest BCUT2D eigenvalue weighted by Gasteiger charge is 1.96. The van der Waals surface area contributed by atoms with Crippen LogP contribution in [-0.4, -0.2) is 4.92 Å². The number of nitro groups is 1. The Labute approximate surface area is 61.1 Å². The number of hydrogen-bond donors (Lipinski definition) is 0. The largest absolute Gasteiger partial charge is 0.431 e. The van der Waals surface area contributed by atoms with Gasteiger partial charge in [0.1, 0.15) is 5.76 Å². The maximum Gasteiger partial charge on any atom is 0.278 e. The Balaban J connectivity index is 2.71. The van der Waals surface area contributed by atoms with Crippen LogP contribution in [0.2, 0.25) is 0 Å². The second-order valence-electron chi connectivity index (χ2n) is 1.74. The predicted molar refractivity (Wildman–Crippen MR) is 34.7 cm³/mol. The summed E-state index contributed by atoms with van der Waals surface area (Å²) in [6.45, 7) is 0. The van der Waals surface area contributed by atoms with Gasteiger partial charge in [-0.3, -0.25) is 10.1 Å². The third-order valence-electron chi connectivity index (χ3n) is 0.955. The Morgan fingerprint density at radius 1 is 1.64 bits per heavy atom. The topological polar surface area (TPSA) is 56.3 Å². The average molecular weight is 157 g/mol. The van der Waals surface area contributed by atoms with Crippen LogP contribution in [-0.2, 0) is 0 Å². The van der Waals surface area contributed by atoms with Gasteiger partial charge in [-0.2, -0.15) is 4.39 Å². The van der Waals surface area contributed by atoms with Gasteiger partial charge < -0.3 is 4.42 Å². The van der Waals surface area contributed by atoms with Gasteiger partial charge >= 0.3 is 0 Å². The lowest BCUT2D eigenvalue weighted by molar-refractivity contribution is -0.401. The van der Waals surface area contributed by atoms with E-state index >= 15 is 0 Å². The third-order valence-corrected chi connectivity index (χ3v) is 0.955. The Morgan fingerprint density at radius 2 is 2.36 bits per heavy atom. The molecule has 1 aromatic rings. The smallest absolute Gasteiger partial charge is 0.278 e. The molecule has 0 atom stereocenters. The van der Waals surface area contributed by atoms with Gasteiger partial charge in [-0.1, -0.05) is 0 Å². The highest BCUT2D eigenvalue weighted by molar-refractivity contribution is 5.40. The van der Waals surface area contributed by atoms with Crippen molar-refractivity contribution in [1.29, 1.82) is 0 Å². The number of halogens is 1. The fraction of sp³-hybridized carbons (Fsp3) is 0. The van der Waals surface area contributed by atoms with Crippen molar-refractivity contribution in [3.63, 3.8) is 0 Å². The molecule has 0 saturated carbocycles. The van der Waals surface area contributed by atoms with Crippen molar-refractivity contribution in [3.8, 4) is 0 Å². The maximum atomic E-state index is 12.1. The summed E-state index contributed by atoms with van der Waals surface area (Å²) < 4.78 is 16.5. The molecule has 0 spiro atoms. The van der Waals surface area contributed by atoms with E-state index in [1.165, 1.54) is 6.07 Å². The first-order valence-corrected chi connectivity index (χ1v) is 2.75. The van der Waals surface area contributed by atoms with Crippen molar-refractivity contribution in [2.75, 3.05) is 0 Å². The molecule has 1 aromatic heterocycles. The first kappa shape index (κ1) is 7.46. The maximum absolute atomic E-state index is 12.1. The van der Waals surface area contributed by atoms with Crippen LogP contribution in [0.15, 0.2) is 22.7 Å². The number of furan rings is 1. The van der Waals surface area contributed by atoms with E-state index in [1.54, 1.807) is 0 Å². The highest BCUT2D eigenvalue weighted by atomic mass is 19.1. The van der Waals surface area contributed by atoms with Crippen LogP contribution >= 0.6 is 0 Å². The van der Waals surface area contributed by atoms with Crippen molar-refractivity contribution in [2.45, 2.75) is 0 Å². The lowest BCUT2D eigenvalue weighted by atomic mass is 10.4. The van der Waals surface area contributed by atoms with E-state index in [0.29, 0.717) is 6.20 Å². The van der Waals surface area contributed by atoms with E-state index in [-0.39, 0.29) is 5.76 Å². The summed E-state index contributed by atoms with van der Waals surface area (Å²) in [5.74, 6) is 0.124. The molecule has 1 heterocycles. The molecule has 0 aliphatic carbocycles. The van der Waals surface area contributed by atoms with Gasteiger partial charge in [0.15, 0.2) is 0 Å². The number of rotatable bonds is 2. The van der Waals surface area contributed by atoms with Crippen molar-refractivity contribution in [2.24, 2.45) is 0 Å². The molecule has 58 valence electrons. The molecule has 0 fully saturated rings. The van der Waals surface area contributed by atoms with Crippen molar-refractivity contribution in [3.05, 3.63) is 40.2 Å². The van der Waals surface area contributed by atoms with Crippen LogP contribution in [0.3, 0.4) is 0 Å². The molecule has 0 aromatic carbocycles. The molecule has 0 saturated heterocycles. The summed E-state index contributed by atoms with van der Waals surface area (Å²) in [6, 6.07) is 1.63. The first-order chi connectivity index (χ1) is 5.18. The lowest BCUT2D eigenvalue weighted by Crippen LogP contribution is -1.80. The minimum absolute atomic E-state index is 0.124. The molecule has 0 aliphatic rings. The summed E-state index contributed by atoms with van der Waals surface area (Å²) >= 11 is 0. The van der Waals surface area contributed by atoms with Gasteiger partial charge in [-0.25, -0.2) is 0 Å². The SMILES string of the molecule is O=[N+]([O-])C=Cc1ccc(F)o1. The Bertz CT molecular complexity index is 292. The molecule has 0 unspecified atom stereocenters. The zero-order chi connectivity index (χ0) is 8.27. The first-order valence-electron chi connectivity index (χ1n) is 2.75. The van der Waals surface area contributed by atoms with Crippen LogP contribution < -0.4 is 0 Å². The molecular weight excluding hydrogens is 153 g/mol. The highest BCUT2D eigenvalue weighted by Crippen LogP contribution is 2.06. The Morgan fingerprint density at radius 3 is 2.82 bits per heavy atom. The van der Waals surface area contributed by atoms with Gasteiger partial charge in [-0.15, -0.1) is 0 Å². The van der Waals surface area contributed by atoms with E-state index in [9.17, 15) is 14.5 Å². The van der Waals surface area contributed by atoms with Crippen molar-refractivity contribution >= 4 is 6.08 Å². The second-order valence-corrected chi connectivity index (χ2v) is 1.74.